The molecule has 0 fully saturated rings. The van der Waals surface area contributed by atoms with Crippen molar-refractivity contribution < 1.29 is 13.2 Å². The highest BCUT2D eigenvalue weighted by Crippen LogP contribution is 2.25. The molecule has 0 atom stereocenters. The number of likely N-dealkylation sites (N-methyl/N-ethyl adjacent to an activating group) is 2. The predicted octanol–water partition coefficient (Wildman–Crippen LogP) is 0.740. The van der Waals surface area contributed by atoms with Gasteiger partial charge in [-0.25, -0.2) is 8.42 Å². The van der Waals surface area contributed by atoms with Crippen molar-refractivity contribution in [3.63, 3.8) is 0 Å². The third-order valence-corrected chi connectivity index (χ3v) is 4.87. The van der Waals surface area contributed by atoms with E-state index in [0.717, 1.165) is 4.31 Å². The molecule has 0 radical (unpaired) electrons. The van der Waals surface area contributed by atoms with E-state index < -0.39 is 10.0 Å². The van der Waals surface area contributed by atoms with Crippen molar-refractivity contribution in [2.75, 3.05) is 33.4 Å². The molecule has 106 valence electrons. The first-order valence-corrected chi connectivity index (χ1v) is 7.61. The highest BCUT2D eigenvalue weighted by Gasteiger charge is 2.25. The summed E-state index contributed by atoms with van der Waals surface area (Å²) in [6.07, 6.45) is 0. The summed E-state index contributed by atoms with van der Waals surface area (Å²) in [4.78, 5) is 12.9. The molecule has 0 bridgehead atoms. The zero-order chi connectivity index (χ0) is 14.8. The van der Waals surface area contributed by atoms with Crippen molar-refractivity contribution in [3.8, 4) is 0 Å². The number of anilines is 1. The van der Waals surface area contributed by atoms with Crippen LogP contribution in [0.25, 0.3) is 0 Å². The summed E-state index contributed by atoms with van der Waals surface area (Å²) < 4.78 is 26.2. The van der Waals surface area contributed by atoms with Gasteiger partial charge < -0.3 is 10.6 Å². The molecule has 0 unspecified atom stereocenters. The van der Waals surface area contributed by atoms with Crippen LogP contribution < -0.4 is 5.73 Å². The van der Waals surface area contributed by atoms with E-state index in [-0.39, 0.29) is 23.0 Å². The first kappa shape index (κ1) is 15.9. The molecule has 1 rings (SSSR count). The van der Waals surface area contributed by atoms with Crippen LogP contribution in [-0.4, -0.2) is 51.2 Å². The quantitative estimate of drug-likeness (QED) is 0.812. The van der Waals surface area contributed by atoms with Crippen molar-refractivity contribution in [1.82, 2.24) is 9.21 Å². The minimum atomic E-state index is -3.79. The van der Waals surface area contributed by atoms with E-state index in [1.807, 2.05) is 0 Å². The number of benzene rings is 1. The number of nitrogens with zero attached hydrogens (tertiary/aromatic N) is 2. The Morgan fingerprint density at radius 1 is 1.32 bits per heavy atom. The molecular formula is C11H16BrN3O3S. The SMILES string of the molecule is CN(C)C(=O)CN(C)S(=O)(=O)c1cc(Br)ccc1N. The molecule has 0 aliphatic heterocycles. The van der Waals surface area contributed by atoms with E-state index in [1.165, 1.54) is 24.1 Å². The zero-order valence-electron chi connectivity index (χ0n) is 10.9. The van der Waals surface area contributed by atoms with Crippen LogP contribution in [0.5, 0.6) is 0 Å². The Balaban J connectivity index is 3.10. The predicted molar refractivity (Wildman–Crippen MR) is 77.1 cm³/mol. The lowest BCUT2D eigenvalue weighted by Crippen LogP contribution is -2.37. The van der Waals surface area contributed by atoms with Gasteiger partial charge in [-0.3, -0.25) is 4.79 Å². The van der Waals surface area contributed by atoms with Gasteiger partial charge in [-0.05, 0) is 18.2 Å². The van der Waals surface area contributed by atoms with Gasteiger partial charge in [0.05, 0.1) is 12.2 Å². The van der Waals surface area contributed by atoms with Gasteiger partial charge in [0.1, 0.15) is 4.90 Å². The fourth-order valence-corrected chi connectivity index (χ4v) is 3.09. The molecule has 1 aromatic rings. The summed E-state index contributed by atoms with van der Waals surface area (Å²) in [5, 5.41) is 0. The van der Waals surface area contributed by atoms with Gasteiger partial charge in [0.15, 0.2) is 0 Å². The molecule has 0 aliphatic carbocycles. The lowest BCUT2D eigenvalue weighted by Gasteiger charge is -2.20. The Morgan fingerprint density at radius 2 is 1.89 bits per heavy atom. The van der Waals surface area contributed by atoms with Crippen molar-refractivity contribution >= 4 is 37.5 Å². The van der Waals surface area contributed by atoms with Crippen LogP contribution in [0.4, 0.5) is 5.69 Å². The van der Waals surface area contributed by atoms with Crippen LogP contribution in [0.1, 0.15) is 0 Å². The maximum Gasteiger partial charge on any atom is 0.245 e. The Labute approximate surface area is 121 Å². The Bertz CT molecular complexity index is 587. The van der Waals surface area contributed by atoms with Crippen molar-refractivity contribution in [3.05, 3.63) is 22.7 Å². The maximum atomic E-state index is 12.3. The van der Waals surface area contributed by atoms with E-state index in [1.54, 1.807) is 20.2 Å². The number of hydrogen-bond acceptors (Lipinski definition) is 4. The zero-order valence-corrected chi connectivity index (χ0v) is 13.3. The minimum Gasteiger partial charge on any atom is -0.398 e. The van der Waals surface area contributed by atoms with Gasteiger partial charge >= 0.3 is 0 Å². The molecule has 1 amide bonds. The second-order valence-corrected chi connectivity index (χ2v) is 7.16. The summed E-state index contributed by atoms with van der Waals surface area (Å²) in [5.41, 5.74) is 5.83. The van der Waals surface area contributed by atoms with E-state index in [9.17, 15) is 13.2 Å². The number of hydrogen-bond donors (Lipinski definition) is 1. The van der Waals surface area contributed by atoms with Gasteiger partial charge in [-0.1, -0.05) is 15.9 Å². The number of rotatable bonds is 4. The van der Waals surface area contributed by atoms with Crippen molar-refractivity contribution in [1.29, 1.82) is 0 Å². The van der Waals surface area contributed by atoms with Gasteiger partial charge in [0.25, 0.3) is 0 Å². The molecular weight excluding hydrogens is 334 g/mol. The van der Waals surface area contributed by atoms with Crippen LogP contribution in [0.15, 0.2) is 27.6 Å². The van der Waals surface area contributed by atoms with Crippen LogP contribution in [-0.2, 0) is 14.8 Å². The second kappa shape index (κ2) is 5.89. The van der Waals surface area contributed by atoms with Crippen LogP contribution >= 0.6 is 15.9 Å². The van der Waals surface area contributed by atoms with E-state index in [4.69, 9.17) is 5.73 Å². The number of amides is 1. The minimum absolute atomic E-state index is 0.0177. The molecule has 1 aromatic carbocycles. The van der Waals surface area contributed by atoms with Crippen molar-refractivity contribution in [2.24, 2.45) is 0 Å². The highest BCUT2D eigenvalue weighted by atomic mass is 79.9. The Hall–Kier alpha value is -1.12. The molecule has 0 aliphatic rings. The monoisotopic (exact) mass is 349 g/mol. The summed E-state index contributed by atoms with van der Waals surface area (Å²) in [7, 11) is 0.686. The van der Waals surface area contributed by atoms with Gasteiger partial charge in [-0.15, -0.1) is 0 Å². The first-order chi connectivity index (χ1) is 8.66. The third-order valence-electron chi connectivity index (χ3n) is 2.52. The van der Waals surface area contributed by atoms with Crippen LogP contribution in [0, 0.1) is 0 Å². The first-order valence-electron chi connectivity index (χ1n) is 5.37. The molecule has 6 nitrogen and oxygen atoms in total. The Morgan fingerprint density at radius 3 is 2.42 bits per heavy atom. The average Bonchev–Trinajstić information content (AvgIpc) is 2.31. The number of sulfonamides is 1. The van der Waals surface area contributed by atoms with Gasteiger partial charge in [-0.2, -0.15) is 4.31 Å². The summed E-state index contributed by atoms with van der Waals surface area (Å²) in [5.74, 6) is -0.306. The van der Waals surface area contributed by atoms with Crippen LogP contribution in [0.2, 0.25) is 0 Å². The summed E-state index contributed by atoms with van der Waals surface area (Å²) >= 11 is 3.20. The summed E-state index contributed by atoms with van der Waals surface area (Å²) in [6.45, 7) is -0.235. The molecule has 0 spiro atoms. The molecule has 0 aromatic heterocycles. The largest absolute Gasteiger partial charge is 0.398 e. The standard InChI is InChI=1S/C11H16BrN3O3S/c1-14(2)11(16)7-15(3)19(17,18)10-6-8(12)4-5-9(10)13/h4-6H,7,13H2,1-3H3. The number of carbonyl (C=O) groups is 1. The lowest BCUT2D eigenvalue weighted by atomic mass is 10.3. The third kappa shape index (κ3) is 3.68. The normalized spacial score (nSPS) is 11.6. The highest BCUT2D eigenvalue weighted by molar-refractivity contribution is 9.10. The number of nitrogens with two attached hydrogens (primary N) is 1. The molecule has 0 saturated heterocycles. The molecule has 0 saturated carbocycles. The van der Waals surface area contributed by atoms with Gasteiger partial charge in [0, 0.05) is 25.6 Å². The van der Waals surface area contributed by atoms with Crippen LogP contribution in [0.3, 0.4) is 0 Å². The van der Waals surface area contributed by atoms with Crippen molar-refractivity contribution in [2.45, 2.75) is 4.90 Å². The average molecular weight is 350 g/mol. The molecule has 19 heavy (non-hydrogen) atoms. The molecule has 2 N–H and O–H groups in total. The fraction of sp³-hybridized carbons (Fsp3) is 0.364. The second-order valence-electron chi connectivity index (χ2n) is 4.23. The summed E-state index contributed by atoms with van der Waals surface area (Å²) in [6, 6.07) is 4.57. The Kier molecular flexibility index (Phi) is 4.94. The fourth-order valence-electron chi connectivity index (χ4n) is 1.32. The van der Waals surface area contributed by atoms with Gasteiger partial charge in [0.2, 0.25) is 15.9 Å². The lowest BCUT2D eigenvalue weighted by molar-refractivity contribution is -0.128. The van der Waals surface area contributed by atoms with E-state index in [0.29, 0.717) is 4.47 Å². The number of halogens is 1. The smallest absolute Gasteiger partial charge is 0.245 e. The number of carbonyl (C=O) groups excluding carboxylic acids is 1. The maximum absolute atomic E-state index is 12.3. The topological polar surface area (TPSA) is 83.7 Å². The van der Waals surface area contributed by atoms with E-state index in [2.05, 4.69) is 15.9 Å². The number of nitrogen functional groups attached to an aromatic ring is 1. The van der Waals surface area contributed by atoms with E-state index >= 15 is 0 Å². The molecule has 0 heterocycles. The molecule has 8 heteroatoms.